The summed E-state index contributed by atoms with van der Waals surface area (Å²) in [6, 6.07) is 5.99. The minimum Gasteiger partial charge on any atom is -0.493 e. The topological polar surface area (TPSA) is 41.6 Å². The van der Waals surface area contributed by atoms with E-state index < -0.39 is 0 Å². The Morgan fingerprint density at radius 2 is 1.96 bits per heavy atom. The van der Waals surface area contributed by atoms with Crippen molar-refractivity contribution in [3.8, 4) is 0 Å². The summed E-state index contributed by atoms with van der Waals surface area (Å²) in [5.74, 6) is 1.06. The van der Waals surface area contributed by atoms with Gasteiger partial charge in [0.15, 0.2) is 0 Å². The van der Waals surface area contributed by atoms with Crippen molar-refractivity contribution in [2.24, 2.45) is 0 Å². The molecule has 1 aliphatic heterocycles. The summed E-state index contributed by atoms with van der Waals surface area (Å²) in [4.78, 5) is 14.8. The van der Waals surface area contributed by atoms with Crippen LogP contribution in [0, 0.1) is 13.8 Å². The molecule has 1 saturated heterocycles. The standard InChI is InChI=1S/C23H35N2O2P/c1-5-7-21(6-2)27-15-12-24-17-23(28)10-13-25(14-11-23)22(26)20-9-8-18(3)19(4)16-20/h5-9,16,24H,10-15,17,28H2,1-4H3/b7-5-,21-6+. The van der Waals surface area contributed by atoms with Crippen molar-refractivity contribution < 1.29 is 9.53 Å². The van der Waals surface area contributed by atoms with E-state index in [4.69, 9.17) is 4.74 Å². The number of rotatable bonds is 8. The number of hydrogen-bond acceptors (Lipinski definition) is 3. The molecule has 1 aromatic carbocycles. The van der Waals surface area contributed by atoms with Crippen molar-refractivity contribution in [2.75, 3.05) is 32.8 Å². The lowest BCUT2D eigenvalue weighted by atomic mass is 9.94. The lowest BCUT2D eigenvalue weighted by Crippen LogP contribution is -2.48. The first-order chi connectivity index (χ1) is 13.4. The van der Waals surface area contributed by atoms with Gasteiger partial charge in [-0.15, -0.1) is 9.24 Å². The van der Waals surface area contributed by atoms with Gasteiger partial charge in [0, 0.05) is 36.9 Å². The Hall–Kier alpha value is -1.64. The van der Waals surface area contributed by atoms with Gasteiger partial charge in [-0.25, -0.2) is 0 Å². The van der Waals surface area contributed by atoms with Crippen LogP contribution < -0.4 is 5.32 Å². The van der Waals surface area contributed by atoms with E-state index in [1.54, 1.807) is 0 Å². The summed E-state index contributed by atoms with van der Waals surface area (Å²) in [5, 5.41) is 3.65. The maximum absolute atomic E-state index is 12.8. The predicted molar refractivity (Wildman–Crippen MR) is 121 cm³/mol. The van der Waals surface area contributed by atoms with Gasteiger partial charge in [-0.2, -0.15) is 0 Å². The maximum atomic E-state index is 12.8. The van der Waals surface area contributed by atoms with E-state index in [-0.39, 0.29) is 11.1 Å². The van der Waals surface area contributed by atoms with E-state index in [1.807, 2.05) is 55.2 Å². The average Bonchev–Trinajstić information content (AvgIpc) is 2.69. The van der Waals surface area contributed by atoms with Gasteiger partial charge in [-0.3, -0.25) is 4.79 Å². The highest BCUT2D eigenvalue weighted by atomic mass is 31.0. The smallest absolute Gasteiger partial charge is 0.253 e. The number of hydrogen-bond donors (Lipinski definition) is 1. The number of amides is 1. The molecule has 28 heavy (non-hydrogen) atoms. The third-order valence-electron chi connectivity index (χ3n) is 5.44. The molecule has 0 saturated carbocycles. The molecule has 1 atom stereocenters. The van der Waals surface area contributed by atoms with Gasteiger partial charge in [0.1, 0.15) is 12.4 Å². The Kier molecular flexibility index (Phi) is 8.72. The zero-order valence-corrected chi connectivity index (χ0v) is 18.9. The van der Waals surface area contributed by atoms with Crippen LogP contribution in [-0.4, -0.2) is 48.7 Å². The van der Waals surface area contributed by atoms with Crippen LogP contribution in [0.15, 0.2) is 42.2 Å². The molecule has 1 unspecified atom stereocenters. The van der Waals surface area contributed by atoms with Crippen molar-refractivity contribution >= 4 is 15.1 Å². The van der Waals surface area contributed by atoms with Gasteiger partial charge in [0.25, 0.3) is 5.91 Å². The molecule has 0 bridgehead atoms. The second-order valence-corrected chi connectivity index (χ2v) is 8.89. The molecular formula is C23H35N2O2P. The minimum absolute atomic E-state index is 0.146. The number of ether oxygens (including phenoxy) is 1. The van der Waals surface area contributed by atoms with Crippen molar-refractivity contribution in [3.63, 3.8) is 0 Å². The highest BCUT2D eigenvalue weighted by Crippen LogP contribution is 2.31. The Morgan fingerprint density at radius 3 is 2.57 bits per heavy atom. The van der Waals surface area contributed by atoms with Crippen LogP contribution in [0.1, 0.15) is 48.2 Å². The van der Waals surface area contributed by atoms with Gasteiger partial charge in [0.05, 0.1) is 0 Å². The molecule has 1 aliphatic rings. The summed E-state index contributed by atoms with van der Waals surface area (Å²) in [6.45, 7) is 12.1. The number of carbonyl (C=O) groups excluding carboxylic acids is 1. The first-order valence-corrected chi connectivity index (χ1v) is 10.7. The zero-order chi connectivity index (χ0) is 20.6. The predicted octanol–water partition coefficient (Wildman–Crippen LogP) is 4.24. The average molecular weight is 403 g/mol. The van der Waals surface area contributed by atoms with Crippen molar-refractivity contribution in [3.05, 3.63) is 58.9 Å². The molecule has 1 N–H and O–H groups in total. The van der Waals surface area contributed by atoms with Gasteiger partial charge in [0.2, 0.25) is 0 Å². The Morgan fingerprint density at radius 1 is 1.25 bits per heavy atom. The van der Waals surface area contributed by atoms with Crippen molar-refractivity contribution in [1.29, 1.82) is 0 Å². The third kappa shape index (κ3) is 6.46. The summed E-state index contributed by atoms with van der Waals surface area (Å²) < 4.78 is 5.72. The lowest BCUT2D eigenvalue weighted by Gasteiger charge is -2.39. The Balaban J connectivity index is 1.75. The Bertz CT molecular complexity index is 719. The monoisotopic (exact) mass is 402 g/mol. The van der Waals surface area contributed by atoms with E-state index >= 15 is 0 Å². The molecule has 0 aromatic heterocycles. The molecule has 4 nitrogen and oxygen atoms in total. The molecule has 5 heteroatoms. The number of allylic oxidation sites excluding steroid dienone is 3. The van der Waals surface area contributed by atoms with Crippen molar-refractivity contribution in [2.45, 2.75) is 45.7 Å². The molecule has 1 heterocycles. The van der Waals surface area contributed by atoms with E-state index in [0.717, 1.165) is 50.3 Å². The molecule has 2 rings (SSSR count). The quantitative estimate of drug-likeness (QED) is 0.306. The third-order valence-corrected chi connectivity index (χ3v) is 6.22. The van der Waals surface area contributed by atoms with Crippen LogP contribution in [0.2, 0.25) is 0 Å². The van der Waals surface area contributed by atoms with Crippen molar-refractivity contribution in [1.82, 2.24) is 10.2 Å². The van der Waals surface area contributed by atoms with Gasteiger partial charge >= 0.3 is 0 Å². The summed E-state index contributed by atoms with van der Waals surface area (Å²) in [6.07, 6.45) is 7.90. The van der Waals surface area contributed by atoms with E-state index in [2.05, 4.69) is 28.4 Å². The molecule has 1 aromatic rings. The number of piperidine rings is 1. The number of nitrogens with one attached hydrogen (secondary N) is 1. The van der Waals surface area contributed by atoms with Crippen LogP contribution in [-0.2, 0) is 4.74 Å². The number of aryl methyl sites for hydroxylation is 2. The maximum Gasteiger partial charge on any atom is 0.253 e. The number of nitrogens with zero attached hydrogens (tertiary/aromatic N) is 1. The first kappa shape index (κ1) is 22.6. The SMILES string of the molecule is C/C=C\C(=C/C)OCCNCC1(P)CCN(C(=O)c2ccc(C)c(C)c2)CC1. The van der Waals surface area contributed by atoms with E-state index in [0.29, 0.717) is 6.61 Å². The first-order valence-electron chi connectivity index (χ1n) is 10.2. The normalized spacial score (nSPS) is 17.2. The summed E-state index contributed by atoms with van der Waals surface area (Å²) in [7, 11) is 3.02. The zero-order valence-electron chi connectivity index (χ0n) is 17.8. The van der Waals surface area contributed by atoms with Crippen LogP contribution >= 0.6 is 9.24 Å². The second kappa shape index (κ2) is 10.8. The molecule has 0 aliphatic carbocycles. The lowest BCUT2D eigenvalue weighted by molar-refractivity contribution is 0.0703. The summed E-state index contributed by atoms with van der Waals surface area (Å²) >= 11 is 0. The highest BCUT2D eigenvalue weighted by Gasteiger charge is 2.32. The molecule has 154 valence electrons. The fourth-order valence-corrected chi connectivity index (χ4v) is 3.76. The van der Waals surface area contributed by atoms with Crippen LogP contribution in [0.5, 0.6) is 0 Å². The number of benzene rings is 1. The van der Waals surface area contributed by atoms with Gasteiger partial charge in [-0.1, -0.05) is 12.1 Å². The fourth-order valence-electron chi connectivity index (χ4n) is 3.36. The number of likely N-dealkylation sites (tertiary alicyclic amines) is 1. The fraction of sp³-hybridized carbons (Fsp3) is 0.522. The second-order valence-electron chi connectivity index (χ2n) is 7.67. The van der Waals surface area contributed by atoms with Crippen LogP contribution in [0.4, 0.5) is 0 Å². The molecule has 1 amide bonds. The van der Waals surface area contributed by atoms with Crippen LogP contribution in [0.3, 0.4) is 0 Å². The van der Waals surface area contributed by atoms with Gasteiger partial charge in [-0.05, 0) is 75.9 Å². The number of carbonyl (C=O) groups is 1. The van der Waals surface area contributed by atoms with Gasteiger partial charge < -0.3 is 15.0 Å². The highest BCUT2D eigenvalue weighted by molar-refractivity contribution is 7.19. The minimum atomic E-state index is 0.146. The molecule has 0 spiro atoms. The summed E-state index contributed by atoms with van der Waals surface area (Å²) in [5.41, 5.74) is 3.20. The largest absolute Gasteiger partial charge is 0.493 e. The molecule has 0 radical (unpaired) electrons. The van der Waals surface area contributed by atoms with E-state index in [9.17, 15) is 4.79 Å². The van der Waals surface area contributed by atoms with Crippen LogP contribution in [0.25, 0.3) is 0 Å². The Labute approximate surface area is 172 Å². The molecule has 1 fully saturated rings. The molecular weight excluding hydrogens is 367 g/mol. The van der Waals surface area contributed by atoms with E-state index in [1.165, 1.54) is 11.1 Å².